The Kier molecular flexibility index (Phi) is 4.18. The van der Waals surface area contributed by atoms with Crippen LogP contribution in [0.2, 0.25) is 0 Å². The first-order valence-corrected chi connectivity index (χ1v) is 7.19. The maximum atomic E-state index is 12.1. The minimum Gasteiger partial charge on any atom is -0.342 e. The smallest absolute Gasteiger partial charge is 0.227 e. The van der Waals surface area contributed by atoms with Gasteiger partial charge in [-0.25, -0.2) is 0 Å². The van der Waals surface area contributed by atoms with Gasteiger partial charge in [0.25, 0.3) is 0 Å². The standard InChI is InChI=1S/C13H20N2OS/c1-2-11-8-15(5-3-12(11)14)13(16)7-10-4-6-17-9-10/h4,6,9,11-12H,2-3,5,7-8,14H2,1H3. The Morgan fingerprint density at radius 1 is 1.65 bits per heavy atom. The molecule has 0 radical (unpaired) electrons. The Labute approximate surface area is 107 Å². The van der Waals surface area contributed by atoms with Crippen molar-refractivity contribution < 1.29 is 4.79 Å². The van der Waals surface area contributed by atoms with E-state index in [2.05, 4.69) is 6.92 Å². The van der Waals surface area contributed by atoms with E-state index < -0.39 is 0 Å². The zero-order chi connectivity index (χ0) is 12.3. The monoisotopic (exact) mass is 252 g/mol. The quantitative estimate of drug-likeness (QED) is 0.892. The van der Waals surface area contributed by atoms with Gasteiger partial charge in [0.05, 0.1) is 6.42 Å². The van der Waals surface area contributed by atoms with E-state index in [4.69, 9.17) is 5.73 Å². The molecule has 17 heavy (non-hydrogen) atoms. The molecule has 1 fully saturated rings. The van der Waals surface area contributed by atoms with Crippen molar-refractivity contribution in [3.63, 3.8) is 0 Å². The summed E-state index contributed by atoms with van der Waals surface area (Å²) in [6.45, 7) is 3.80. The number of rotatable bonds is 3. The first-order chi connectivity index (χ1) is 8.20. The minimum atomic E-state index is 0.244. The lowest BCUT2D eigenvalue weighted by Gasteiger charge is -2.36. The highest BCUT2D eigenvalue weighted by atomic mass is 32.1. The fraction of sp³-hybridized carbons (Fsp3) is 0.615. The molecule has 3 nitrogen and oxygen atoms in total. The maximum absolute atomic E-state index is 12.1. The summed E-state index contributed by atoms with van der Waals surface area (Å²) >= 11 is 1.64. The second-order valence-corrected chi connectivity index (χ2v) is 5.55. The van der Waals surface area contributed by atoms with Crippen LogP contribution in [-0.2, 0) is 11.2 Å². The molecular formula is C13H20N2OS. The average molecular weight is 252 g/mol. The maximum Gasteiger partial charge on any atom is 0.227 e. The third-order valence-corrected chi connectivity index (χ3v) is 4.34. The number of piperidine rings is 1. The molecule has 0 bridgehead atoms. The molecule has 2 N–H and O–H groups in total. The molecule has 1 amide bonds. The number of amides is 1. The largest absolute Gasteiger partial charge is 0.342 e. The van der Waals surface area contributed by atoms with E-state index in [1.807, 2.05) is 21.7 Å². The third kappa shape index (κ3) is 3.07. The number of thiophene rings is 1. The molecule has 1 aliphatic heterocycles. The summed E-state index contributed by atoms with van der Waals surface area (Å²) in [6, 6.07) is 2.29. The molecule has 2 unspecified atom stereocenters. The number of carbonyl (C=O) groups is 1. The van der Waals surface area contributed by atoms with Gasteiger partial charge >= 0.3 is 0 Å². The molecule has 4 heteroatoms. The van der Waals surface area contributed by atoms with E-state index in [0.717, 1.165) is 31.5 Å². The lowest BCUT2D eigenvalue weighted by molar-refractivity contribution is -0.132. The highest BCUT2D eigenvalue weighted by Gasteiger charge is 2.27. The fourth-order valence-electron chi connectivity index (χ4n) is 2.39. The van der Waals surface area contributed by atoms with Crippen molar-refractivity contribution in [2.45, 2.75) is 32.2 Å². The van der Waals surface area contributed by atoms with Crippen LogP contribution >= 0.6 is 11.3 Å². The van der Waals surface area contributed by atoms with Gasteiger partial charge < -0.3 is 10.6 Å². The van der Waals surface area contributed by atoms with Gasteiger partial charge in [0.2, 0.25) is 5.91 Å². The van der Waals surface area contributed by atoms with E-state index in [1.54, 1.807) is 11.3 Å². The van der Waals surface area contributed by atoms with Crippen molar-refractivity contribution >= 4 is 17.2 Å². The molecule has 2 atom stereocenters. The molecule has 2 heterocycles. The highest BCUT2D eigenvalue weighted by molar-refractivity contribution is 7.07. The molecule has 2 rings (SSSR count). The van der Waals surface area contributed by atoms with Crippen molar-refractivity contribution in [2.24, 2.45) is 11.7 Å². The molecule has 0 saturated carbocycles. The predicted molar refractivity (Wildman–Crippen MR) is 71.0 cm³/mol. The fourth-order valence-corrected chi connectivity index (χ4v) is 3.06. The molecular weight excluding hydrogens is 232 g/mol. The molecule has 1 aromatic heterocycles. The van der Waals surface area contributed by atoms with Gasteiger partial charge in [-0.2, -0.15) is 11.3 Å². The minimum absolute atomic E-state index is 0.244. The van der Waals surface area contributed by atoms with Gasteiger partial charge in [0.1, 0.15) is 0 Å². The molecule has 1 saturated heterocycles. The van der Waals surface area contributed by atoms with Gasteiger partial charge in [-0.3, -0.25) is 4.79 Å². The second kappa shape index (κ2) is 5.65. The van der Waals surface area contributed by atoms with Gasteiger partial charge in [-0.1, -0.05) is 13.3 Å². The number of hydrogen-bond donors (Lipinski definition) is 1. The summed E-state index contributed by atoms with van der Waals surface area (Å²) in [4.78, 5) is 14.1. The Bertz CT molecular complexity index is 364. The van der Waals surface area contributed by atoms with Crippen molar-refractivity contribution in [1.82, 2.24) is 4.90 Å². The van der Waals surface area contributed by atoms with Crippen molar-refractivity contribution in [1.29, 1.82) is 0 Å². The Morgan fingerprint density at radius 3 is 3.12 bits per heavy atom. The summed E-state index contributed by atoms with van der Waals surface area (Å²) in [5, 5.41) is 4.06. The third-order valence-electron chi connectivity index (χ3n) is 3.61. The van der Waals surface area contributed by atoms with Crippen LogP contribution in [0.4, 0.5) is 0 Å². The summed E-state index contributed by atoms with van der Waals surface area (Å²) in [7, 11) is 0. The summed E-state index contributed by atoms with van der Waals surface area (Å²) in [5.74, 6) is 0.712. The topological polar surface area (TPSA) is 46.3 Å². The van der Waals surface area contributed by atoms with Crippen LogP contribution in [0.1, 0.15) is 25.3 Å². The molecule has 94 valence electrons. The second-order valence-electron chi connectivity index (χ2n) is 4.77. The van der Waals surface area contributed by atoms with Crippen molar-refractivity contribution in [3.8, 4) is 0 Å². The Hall–Kier alpha value is -0.870. The highest BCUT2D eigenvalue weighted by Crippen LogP contribution is 2.19. The van der Waals surface area contributed by atoms with E-state index in [0.29, 0.717) is 12.3 Å². The Morgan fingerprint density at radius 2 is 2.47 bits per heavy atom. The Balaban J connectivity index is 1.91. The van der Waals surface area contributed by atoms with E-state index >= 15 is 0 Å². The molecule has 0 aromatic carbocycles. The van der Waals surface area contributed by atoms with Crippen LogP contribution in [-0.4, -0.2) is 29.9 Å². The van der Waals surface area contributed by atoms with E-state index in [9.17, 15) is 4.79 Å². The van der Waals surface area contributed by atoms with Crippen LogP contribution in [0.3, 0.4) is 0 Å². The number of likely N-dealkylation sites (tertiary alicyclic amines) is 1. The number of nitrogens with zero attached hydrogens (tertiary/aromatic N) is 1. The molecule has 1 aliphatic rings. The van der Waals surface area contributed by atoms with Crippen LogP contribution in [0.5, 0.6) is 0 Å². The van der Waals surface area contributed by atoms with Crippen LogP contribution in [0.15, 0.2) is 16.8 Å². The average Bonchev–Trinajstić information content (AvgIpc) is 2.82. The van der Waals surface area contributed by atoms with Crippen molar-refractivity contribution in [2.75, 3.05) is 13.1 Å². The van der Waals surface area contributed by atoms with Crippen molar-refractivity contribution in [3.05, 3.63) is 22.4 Å². The van der Waals surface area contributed by atoms with E-state index in [-0.39, 0.29) is 11.9 Å². The lowest BCUT2D eigenvalue weighted by atomic mass is 9.90. The molecule has 1 aromatic rings. The summed E-state index contributed by atoms with van der Waals surface area (Å²) < 4.78 is 0. The SMILES string of the molecule is CCC1CN(C(=O)Cc2ccsc2)CCC1N. The zero-order valence-corrected chi connectivity index (χ0v) is 11.1. The molecule has 0 aliphatic carbocycles. The normalized spacial score (nSPS) is 24.9. The predicted octanol–water partition coefficient (Wildman–Crippen LogP) is 1.88. The van der Waals surface area contributed by atoms with Gasteiger partial charge in [-0.15, -0.1) is 0 Å². The summed E-state index contributed by atoms with van der Waals surface area (Å²) in [6.07, 6.45) is 2.53. The summed E-state index contributed by atoms with van der Waals surface area (Å²) in [5.41, 5.74) is 7.18. The van der Waals surface area contributed by atoms with Gasteiger partial charge in [0.15, 0.2) is 0 Å². The first-order valence-electron chi connectivity index (χ1n) is 6.25. The zero-order valence-electron chi connectivity index (χ0n) is 10.3. The van der Waals surface area contributed by atoms with E-state index in [1.165, 1.54) is 0 Å². The number of nitrogens with two attached hydrogens (primary N) is 1. The molecule has 0 spiro atoms. The van der Waals surface area contributed by atoms with Crippen LogP contribution in [0, 0.1) is 5.92 Å². The number of hydrogen-bond acceptors (Lipinski definition) is 3. The van der Waals surface area contributed by atoms with Gasteiger partial charge in [0, 0.05) is 19.1 Å². The lowest BCUT2D eigenvalue weighted by Crippen LogP contribution is -2.49. The van der Waals surface area contributed by atoms with Crippen LogP contribution in [0.25, 0.3) is 0 Å². The first kappa shape index (κ1) is 12.6. The van der Waals surface area contributed by atoms with Crippen LogP contribution < -0.4 is 5.73 Å². The number of carbonyl (C=O) groups excluding carboxylic acids is 1. The van der Waals surface area contributed by atoms with Gasteiger partial charge in [-0.05, 0) is 34.7 Å².